The summed E-state index contributed by atoms with van der Waals surface area (Å²) in [5, 5.41) is 3.35. The van der Waals surface area contributed by atoms with E-state index in [4.69, 9.17) is 21.1 Å². The monoisotopic (exact) mass is 444 g/mol. The predicted molar refractivity (Wildman–Crippen MR) is 117 cm³/mol. The lowest BCUT2D eigenvalue weighted by molar-refractivity contribution is 0.0298. The summed E-state index contributed by atoms with van der Waals surface area (Å²) in [6, 6.07) is 8.70. The molecule has 31 heavy (non-hydrogen) atoms. The van der Waals surface area contributed by atoms with Gasteiger partial charge in [-0.05, 0) is 36.8 Å². The van der Waals surface area contributed by atoms with E-state index < -0.39 is 0 Å². The Labute approximate surface area is 186 Å². The van der Waals surface area contributed by atoms with Crippen LogP contribution in [0.15, 0.2) is 36.5 Å². The van der Waals surface area contributed by atoms with Gasteiger partial charge in [0.15, 0.2) is 0 Å². The zero-order valence-electron chi connectivity index (χ0n) is 17.3. The largest absolute Gasteiger partial charge is 0.472 e. The summed E-state index contributed by atoms with van der Waals surface area (Å²) in [6.45, 7) is 5.03. The molecule has 1 aromatic heterocycles. The van der Waals surface area contributed by atoms with Crippen LogP contribution in [0.25, 0.3) is 0 Å². The molecule has 1 atom stereocenters. The fraction of sp³-hybridized carbons (Fsp3) is 0.409. The number of anilines is 1. The highest BCUT2D eigenvalue weighted by molar-refractivity contribution is 6.33. The Morgan fingerprint density at radius 2 is 2.00 bits per heavy atom. The van der Waals surface area contributed by atoms with E-state index in [0.29, 0.717) is 68.0 Å². The first-order valence-corrected chi connectivity index (χ1v) is 10.7. The number of halogens is 1. The van der Waals surface area contributed by atoms with E-state index in [1.807, 2.05) is 13.0 Å². The summed E-state index contributed by atoms with van der Waals surface area (Å²) in [6.07, 6.45) is 2.01. The van der Waals surface area contributed by atoms with Gasteiger partial charge in [-0.15, -0.1) is 0 Å². The first kappa shape index (κ1) is 21.4. The summed E-state index contributed by atoms with van der Waals surface area (Å²) >= 11 is 6.22. The van der Waals surface area contributed by atoms with Crippen LogP contribution in [0.1, 0.15) is 22.3 Å². The molecule has 0 saturated carbocycles. The summed E-state index contributed by atoms with van der Waals surface area (Å²) < 4.78 is 11.4. The van der Waals surface area contributed by atoms with Gasteiger partial charge < -0.3 is 24.6 Å². The van der Waals surface area contributed by atoms with Gasteiger partial charge in [0.05, 0.1) is 30.5 Å². The van der Waals surface area contributed by atoms with E-state index >= 15 is 0 Å². The molecule has 3 amide bonds. The first-order valence-electron chi connectivity index (χ1n) is 10.3. The van der Waals surface area contributed by atoms with E-state index in [2.05, 4.69) is 10.3 Å². The van der Waals surface area contributed by atoms with Gasteiger partial charge in [-0.3, -0.25) is 4.79 Å². The lowest BCUT2D eigenvalue weighted by Crippen LogP contribution is -2.41. The Balaban J connectivity index is 1.38. The number of amides is 3. The van der Waals surface area contributed by atoms with Crippen LogP contribution in [0, 0.1) is 6.92 Å². The number of nitrogens with zero attached hydrogens (tertiary/aromatic N) is 3. The third-order valence-electron chi connectivity index (χ3n) is 5.38. The number of ether oxygens (including phenoxy) is 2. The average molecular weight is 445 g/mol. The molecular formula is C22H25ClN4O4. The molecule has 4 rings (SSSR count). The molecule has 164 valence electrons. The van der Waals surface area contributed by atoms with E-state index in [0.717, 1.165) is 5.56 Å². The Kier molecular flexibility index (Phi) is 6.58. The van der Waals surface area contributed by atoms with Crippen molar-refractivity contribution in [2.75, 3.05) is 44.7 Å². The van der Waals surface area contributed by atoms with Gasteiger partial charge in [0, 0.05) is 32.3 Å². The SMILES string of the molecule is Cc1ccc(NC(=O)N2CCC(Oc3ncccc3C(=O)N3CCOCC3)C2)c(Cl)c1. The zero-order valence-corrected chi connectivity index (χ0v) is 18.1. The number of urea groups is 1. The number of hydrogen-bond donors (Lipinski definition) is 1. The number of rotatable bonds is 4. The lowest BCUT2D eigenvalue weighted by atomic mass is 10.2. The molecule has 8 nitrogen and oxygen atoms in total. The number of hydrogen-bond acceptors (Lipinski definition) is 5. The summed E-state index contributed by atoms with van der Waals surface area (Å²) in [5.74, 6) is 0.181. The van der Waals surface area contributed by atoms with Crippen molar-refractivity contribution in [2.24, 2.45) is 0 Å². The molecule has 1 aromatic carbocycles. The minimum atomic E-state index is -0.245. The fourth-order valence-corrected chi connectivity index (χ4v) is 3.95. The molecule has 2 aromatic rings. The summed E-state index contributed by atoms with van der Waals surface area (Å²) in [5.41, 5.74) is 2.03. The van der Waals surface area contributed by atoms with Crippen LogP contribution >= 0.6 is 11.6 Å². The van der Waals surface area contributed by atoms with Gasteiger partial charge in [0.2, 0.25) is 5.88 Å². The number of pyridine rings is 1. The Bertz CT molecular complexity index is 964. The van der Waals surface area contributed by atoms with Crippen molar-refractivity contribution in [3.63, 3.8) is 0 Å². The molecular weight excluding hydrogens is 420 g/mol. The van der Waals surface area contributed by atoms with E-state index in [9.17, 15) is 9.59 Å². The molecule has 0 spiro atoms. The fourth-order valence-electron chi connectivity index (χ4n) is 3.67. The molecule has 0 radical (unpaired) electrons. The molecule has 9 heteroatoms. The zero-order chi connectivity index (χ0) is 21.8. The number of morpholine rings is 1. The maximum absolute atomic E-state index is 12.9. The van der Waals surface area contributed by atoms with Gasteiger partial charge in [-0.1, -0.05) is 17.7 Å². The Morgan fingerprint density at radius 1 is 1.19 bits per heavy atom. The highest BCUT2D eigenvalue weighted by Crippen LogP contribution is 2.25. The predicted octanol–water partition coefficient (Wildman–Crippen LogP) is 3.20. The molecule has 2 saturated heterocycles. The van der Waals surface area contributed by atoms with Gasteiger partial charge in [-0.2, -0.15) is 0 Å². The average Bonchev–Trinajstić information content (AvgIpc) is 3.25. The van der Waals surface area contributed by atoms with Gasteiger partial charge in [0.1, 0.15) is 11.7 Å². The first-order chi connectivity index (χ1) is 15.0. The van der Waals surface area contributed by atoms with Crippen molar-refractivity contribution in [1.82, 2.24) is 14.8 Å². The lowest BCUT2D eigenvalue weighted by Gasteiger charge is -2.27. The molecule has 1 unspecified atom stereocenters. The van der Waals surface area contributed by atoms with Crippen molar-refractivity contribution < 1.29 is 19.1 Å². The quantitative estimate of drug-likeness (QED) is 0.782. The van der Waals surface area contributed by atoms with Crippen LogP contribution in [0.2, 0.25) is 5.02 Å². The summed E-state index contributed by atoms with van der Waals surface area (Å²) in [7, 11) is 0. The number of carbonyl (C=O) groups excluding carboxylic acids is 2. The molecule has 1 N–H and O–H groups in total. The van der Waals surface area contributed by atoms with Crippen molar-refractivity contribution in [1.29, 1.82) is 0 Å². The molecule has 2 aliphatic rings. The standard InChI is InChI=1S/C22H25ClN4O4/c1-15-4-5-19(18(23)13-15)25-22(29)27-8-6-16(14-27)31-20-17(3-2-7-24-20)21(28)26-9-11-30-12-10-26/h2-5,7,13,16H,6,8-12,14H2,1H3,(H,25,29). The van der Waals surface area contributed by atoms with Gasteiger partial charge >= 0.3 is 6.03 Å². The van der Waals surface area contributed by atoms with Crippen LogP contribution in [-0.4, -0.2) is 72.2 Å². The van der Waals surface area contributed by atoms with E-state index in [1.54, 1.807) is 40.3 Å². The van der Waals surface area contributed by atoms with Gasteiger partial charge in [-0.25, -0.2) is 9.78 Å². The third kappa shape index (κ3) is 5.08. The molecule has 0 aliphatic carbocycles. The smallest absolute Gasteiger partial charge is 0.322 e. The maximum atomic E-state index is 12.9. The van der Waals surface area contributed by atoms with E-state index in [1.165, 1.54) is 0 Å². The number of nitrogens with one attached hydrogen (secondary N) is 1. The maximum Gasteiger partial charge on any atom is 0.322 e. The molecule has 0 bridgehead atoms. The second-order valence-corrected chi connectivity index (χ2v) is 8.06. The minimum Gasteiger partial charge on any atom is -0.472 e. The highest BCUT2D eigenvalue weighted by atomic mass is 35.5. The van der Waals surface area contributed by atoms with Crippen LogP contribution in [-0.2, 0) is 4.74 Å². The highest BCUT2D eigenvalue weighted by Gasteiger charge is 2.30. The van der Waals surface area contributed by atoms with Gasteiger partial charge in [0.25, 0.3) is 5.91 Å². The van der Waals surface area contributed by atoms with Crippen LogP contribution in [0.3, 0.4) is 0 Å². The topological polar surface area (TPSA) is 84.0 Å². The number of likely N-dealkylation sites (tertiary alicyclic amines) is 1. The molecule has 2 fully saturated rings. The molecule has 2 aliphatic heterocycles. The van der Waals surface area contributed by atoms with Crippen molar-refractivity contribution in [3.8, 4) is 5.88 Å². The number of aryl methyl sites for hydroxylation is 1. The number of carbonyl (C=O) groups is 2. The normalized spacial score (nSPS) is 18.7. The van der Waals surface area contributed by atoms with Crippen molar-refractivity contribution >= 4 is 29.2 Å². The minimum absolute atomic E-state index is 0.118. The summed E-state index contributed by atoms with van der Waals surface area (Å²) in [4.78, 5) is 33.2. The van der Waals surface area contributed by atoms with Crippen molar-refractivity contribution in [3.05, 3.63) is 52.7 Å². The Hall–Kier alpha value is -2.84. The second kappa shape index (κ2) is 9.53. The van der Waals surface area contributed by atoms with E-state index in [-0.39, 0.29) is 18.0 Å². The van der Waals surface area contributed by atoms with Crippen molar-refractivity contribution in [2.45, 2.75) is 19.4 Å². The third-order valence-corrected chi connectivity index (χ3v) is 5.69. The number of aromatic nitrogens is 1. The van der Waals surface area contributed by atoms with Crippen LogP contribution in [0.4, 0.5) is 10.5 Å². The second-order valence-electron chi connectivity index (χ2n) is 7.65. The Morgan fingerprint density at radius 3 is 2.77 bits per heavy atom. The number of benzene rings is 1. The molecule has 3 heterocycles. The van der Waals surface area contributed by atoms with Crippen LogP contribution in [0.5, 0.6) is 5.88 Å². The van der Waals surface area contributed by atoms with Crippen LogP contribution < -0.4 is 10.1 Å².